The van der Waals surface area contributed by atoms with Crippen LogP contribution in [0.2, 0.25) is 0 Å². The summed E-state index contributed by atoms with van der Waals surface area (Å²) in [5.74, 6) is -0.479. The maximum atomic E-state index is 11.1. The fraction of sp³-hybridized carbons (Fsp3) is 0.286. The van der Waals surface area contributed by atoms with Crippen LogP contribution in [0.25, 0.3) is 5.69 Å². The van der Waals surface area contributed by atoms with Gasteiger partial charge in [0.25, 0.3) is 5.91 Å². The van der Waals surface area contributed by atoms with Crippen molar-refractivity contribution in [1.29, 1.82) is 0 Å². The number of hydrogen-bond donors (Lipinski definition) is 2. The summed E-state index contributed by atoms with van der Waals surface area (Å²) in [4.78, 5) is 11.1. The standard InChI is InChI=1S/C14H17BrN4O/c1-9(2)17-6-10-3-4-12(5-13(10)15)19-8-11(7-18-19)14(16)20/h3-5,7-9,17H,6H2,1-2H3,(H2,16,20). The number of carbonyl (C=O) groups excluding carboxylic acids is 1. The molecule has 0 bridgehead atoms. The molecule has 0 spiro atoms. The summed E-state index contributed by atoms with van der Waals surface area (Å²) >= 11 is 3.56. The molecule has 1 amide bonds. The number of primary amides is 1. The van der Waals surface area contributed by atoms with Gasteiger partial charge in [-0.3, -0.25) is 4.79 Å². The van der Waals surface area contributed by atoms with E-state index in [1.165, 1.54) is 11.8 Å². The van der Waals surface area contributed by atoms with Gasteiger partial charge in [0.05, 0.1) is 17.4 Å². The highest BCUT2D eigenvalue weighted by Gasteiger charge is 2.07. The minimum atomic E-state index is -0.479. The largest absolute Gasteiger partial charge is 0.366 e. The van der Waals surface area contributed by atoms with E-state index in [2.05, 4.69) is 40.2 Å². The second-order valence-electron chi connectivity index (χ2n) is 4.85. The highest BCUT2D eigenvalue weighted by atomic mass is 79.9. The van der Waals surface area contributed by atoms with Crippen molar-refractivity contribution in [2.24, 2.45) is 5.73 Å². The molecule has 106 valence electrons. The van der Waals surface area contributed by atoms with Crippen LogP contribution in [0.1, 0.15) is 29.8 Å². The lowest BCUT2D eigenvalue weighted by atomic mass is 10.2. The first-order valence-electron chi connectivity index (χ1n) is 6.34. The molecule has 0 aliphatic rings. The fourth-order valence-corrected chi connectivity index (χ4v) is 2.23. The number of amides is 1. The Morgan fingerprint density at radius 1 is 1.50 bits per heavy atom. The second-order valence-corrected chi connectivity index (χ2v) is 5.70. The Morgan fingerprint density at radius 2 is 2.25 bits per heavy atom. The molecule has 0 atom stereocenters. The van der Waals surface area contributed by atoms with Crippen molar-refractivity contribution in [1.82, 2.24) is 15.1 Å². The molecule has 5 nitrogen and oxygen atoms in total. The minimum absolute atomic E-state index is 0.395. The molecule has 0 unspecified atom stereocenters. The van der Waals surface area contributed by atoms with Gasteiger partial charge in [-0.15, -0.1) is 0 Å². The molecule has 0 radical (unpaired) electrons. The van der Waals surface area contributed by atoms with Gasteiger partial charge >= 0.3 is 0 Å². The molecule has 0 saturated heterocycles. The lowest BCUT2D eigenvalue weighted by Gasteiger charge is -2.11. The van der Waals surface area contributed by atoms with Crippen LogP contribution in [0.4, 0.5) is 0 Å². The zero-order valence-corrected chi connectivity index (χ0v) is 13.0. The van der Waals surface area contributed by atoms with E-state index in [0.717, 1.165) is 16.7 Å². The Morgan fingerprint density at radius 3 is 2.80 bits per heavy atom. The Bertz CT molecular complexity index is 621. The highest BCUT2D eigenvalue weighted by Crippen LogP contribution is 2.21. The fourth-order valence-electron chi connectivity index (χ4n) is 1.73. The summed E-state index contributed by atoms with van der Waals surface area (Å²) in [7, 11) is 0. The third-order valence-corrected chi connectivity index (χ3v) is 3.61. The molecule has 0 saturated carbocycles. The van der Waals surface area contributed by atoms with Crippen LogP contribution in [0, 0.1) is 0 Å². The van der Waals surface area contributed by atoms with Crippen LogP contribution in [0.15, 0.2) is 35.1 Å². The number of aromatic nitrogens is 2. The van der Waals surface area contributed by atoms with E-state index < -0.39 is 5.91 Å². The van der Waals surface area contributed by atoms with Crippen LogP contribution >= 0.6 is 15.9 Å². The topological polar surface area (TPSA) is 72.9 Å². The molecule has 2 rings (SSSR count). The molecule has 0 aliphatic heterocycles. The quantitative estimate of drug-likeness (QED) is 0.879. The minimum Gasteiger partial charge on any atom is -0.366 e. The summed E-state index contributed by atoms with van der Waals surface area (Å²) in [6.07, 6.45) is 3.08. The van der Waals surface area contributed by atoms with Crippen LogP contribution in [0.3, 0.4) is 0 Å². The van der Waals surface area contributed by atoms with Gasteiger partial charge < -0.3 is 11.1 Å². The first kappa shape index (κ1) is 14.7. The van der Waals surface area contributed by atoms with E-state index >= 15 is 0 Å². The Labute approximate surface area is 126 Å². The predicted octanol–water partition coefficient (Wildman–Crippen LogP) is 2.23. The number of hydrogen-bond acceptors (Lipinski definition) is 3. The molecule has 2 aromatic rings. The maximum absolute atomic E-state index is 11.1. The third kappa shape index (κ3) is 3.46. The van der Waals surface area contributed by atoms with Gasteiger partial charge in [0.1, 0.15) is 0 Å². The molecule has 6 heteroatoms. The van der Waals surface area contributed by atoms with Crippen LogP contribution in [-0.4, -0.2) is 21.7 Å². The van der Waals surface area contributed by atoms with Crippen molar-refractivity contribution in [3.8, 4) is 5.69 Å². The Balaban J connectivity index is 2.21. The zero-order valence-electron chi connectivity index (χ0n) is 11.4. The average Bonchev–Trinajstić information content (AvgIpc) is 2.86. The van der Waals surface area contributed by atoms with E-state index in [9.17, 15) is 4.79 Å². The Kier molecular flexibility index (Phi) is 4.57. The van der Waals surface area contributed by atoms with Gasteiger partial charge in [-0.25, -0.2) is 4.68 Å². The summed E-state index contributed by atoms with van der Waals surface area (Å²) in [6, 6.07) is 6.39. The zero-order chi connectivity index (χ0) is 14.7. The number of nitrogens with two attached hydrogens (primary N) is 1. The first-order chi connectivity index (χ1) is 9.47. The lowest BCUT2D eigenvalue weighted by molar-refractivity contribution is 0.100. The summed E-state index contributed by atoms with van der Waals surface area (Å²) in [6.45, 7) is 5.01. The summed E-state index contributed by atoms with van der Waals surface area (Å²) < 4.78 is 2.63. The normalized spacial score (nSPS) is 11.0. The molecule has 1 aromatic carbocycles. The molecular weight excluding hydrogens is 320 g/mol. The van der Waals surface area contributed by atoms with Gasteiger partial charge in [0.15, 0.2) is 0 Å². The van der Waals surface area contributed by atoms with E-state index in [-0.39, 0.29) is 0 Å². The highest BCUT2D eigenvalue weighted by molar-refractivity contribution is 9.10. The van der Waals surface area contributed by atoms with Gasteiger partial charge in [-0.05, 0) is 17.7 Å². The first-order valence-corrected chi connectivity index (χ1v) is 7.13. The van der Waals surface area contributed by atoms with Crippen molar-refractivity contribution in [2.75, 3.05) is 0 Å². The number of halogens is 1. The summed E-state index contributed by atoms with van der Waals surface area (Å²) in [5.41, 5.74) is 7.66. The lowest BCUT2D eigenvalue weighted by Crippen LogP contribution is -2.22. The van der Waals surface area contributed by atoms with Gasteiger partial charge in [0.2, 0.25) is 0 Å². The van der Waals surface area contributed by atoms with Crippen LogP contribution in [-0.2, 0) is 6.54 Å². The molecule has 1 heterocycles. The molecule has 0 fully saturated rings. The van der Waals surface area contributed by atoms with Crippen molar-refractivity contribution < 1.29 is 4.79 Å². The van der Waals surface area contributed by atoms with Crippen LogP contribution in [0.5, 0.6) is 0 Å². The van der Waals surface area contributed by atoms with Crippen molar-refractivity contribution in [3.63, 3.8) is 0 Å². The predicted molar refractivity (Wildman–Crippen MR) is 81.8 cm³/mol. The maximum Gasteiger partial charge on any atom is 0.251 e. The number of nitrogens with zero attached hydrogens (tertiary/aromatic N) is 2. The van der Waals surface area contributed by atoms with Gasteiger partial charge in [-0.1, -0.05) is 35.8 Å². The molecule has 3 N–H and O–H groups in total. The molecule has 1 aromatic heterocycles. The van der Waals surface area contributed by atoms with E-state index in [1.807, 2.05) is 18.2 Å². The summed E-state index contributed by atoms with van der Waals surface area (Å²) in [5, 5.41) is 7.50. The number of benzene rings is 1. The van der Waals surface area contributed by atoms with Crippen molar-refractivity contribution in [3.05, 3.63) is 46.2 Å². The monoisotopic (exact) mass is 336 g/mol. The SMILES string of the molecule is CC(C)NCc1ccc(-n2cc(C(N)=O)cn2)cc1Br. The Hall–Kier alpha value is -1.66. The average molecular weight is 337 g/mol. The smallest absolute Gasteiger partial charge is 0.251 e. The third-order valence-electron chi connectivity index (χ3n) is 2.87. The van der Waals surface area contributed by atoms with Crippen molar-refractivity contribution >= 4 is 21.8 Å². The molecular formula is C14H17BrN4O. The van der Waals surface area contributed by atoms with E-state index in [4.69, 9.17) is 5.73 Å². The number of carbonyl (C=O) groups is 1. The number of nitrogens with one attached hydrogen (secondary N) is 1. The van der Waals surface area contributed by atoms with E-state index in [1.54, 1.807) is 10.9 Å². The van der Waals surface area contributed by atoms with Crippen LogP contribution < -0.4 is 11.1 Å². The molecule has 0 aliphatic carbocycles. The van der Waals surface area contributed by atoms with E-state index in [0.29, 0.717) is 11.6 Å². The van der Waals surface area contributed by atoms with Gasteiger partial charge in [-0.2, -0.15) is 5.10 Å². The van der Waals surface area contributed by atoms with Gasteiger partial charge in [0, 0.05) is 23.3 Å². The number of rotatable bonds is 5. The van der Waals surface area contributed by atoms with Crippen molar-refractivity contribution in [2.45, 2.75) is 26.4 Å². The molecule has 20 heavy (non-hydrogen) atoms. The second kappa shape index (κ2) is 6.19.